The van der Waals surface area contributed by atoms with Crippen LogP contribution in [-0.4, -0.2) is 60.7 Å². The molecule has 1 atom stereocenters. The third-order valence-corrected chi connectivity index (χ3v) is 4.18. The first kappa shape index (κ1) is 17.9. The number of halogens is 1. The van der Waals surface area contributed by atoms with E-state index in [1.807, 2.05) is 0 Å². The quantitative estimate of drug-likeness (QED) is 0.870. The molecular weight excluding hydrogens is 313 g/mol. The fraction of sp³-hybridized carbons (Fsp3) is 0.471. The molecule has 24 heavy (non-hydrogen) atoms. The minimum absolute atomic E-state index is 0.0678. The molecule has 0 radical (unpaired) electrons. The number of hydrogen-bond donors (Lipinski definition) is 1. The SMILES string of the molecule is CNC(=O)[C@@H]1CN(C(C)=O)CCN(C(=O)Cc2cccc(F)c2)C1. The van der Waals surface area contributed by atoms with Crippen LogP contribution in [0.15, 0.2) is 24.3 Å². The first-order valence-corrected chi connectivity index (χ1v) is 7.90. The topological polar surface area (TPSA) is 69.7 Å². The second-order valence-electron chi connectivity index (χ2n) is 5.92. The molecule has 0 unspecified atom stereocenters. The highest BCUT2D eigenvalue weighted by Crippen LogP contribution is 2.13. The van der Waals surface area contributed by atoms with Crippen molar-refractivity contribution in [1.29, 1.82) is 0 Å². The van der Waals surface area contributed by atoms with Crippen molar-refractivity contribution in [3.63, 3.8) is 0 Å². The molecule has 1 aromatic carbocycles. The van der Waals surface area contributed by atoms with Crippen LogP contribution in [0.3, 0.4) is 0 Å². The van der Waals surface area contributed by atoms with Crippen molar-refractivity contribution < 1.29 is 18.8 Å². The number of amides is 3. The van der Waals surface area contributed by atoms with Crippen LogP contribution in [0.1, 0.15) is 12.5 Å². The van der Waals surface area contributed by atoms with E-state index in [4.69, 9.17) is 0 Å². The van der Waals surface area contributed by atoms with Gasteiger partial charge in [-0.1, -0.05) is 12.1 Å². The molecule has 1 aromatic rings. The summed E-state index contributed by atoms with van der Waals surface area (Å²) in [6, 6.07) is 5.90. The first-order valence-electron chi connectivity index (χ1n) is 7.90. The number of carbonyl (C=O) groups is 3. The number of nitrogens with one attached hydrogen (secondary N) is 1. The standard InChI is InChI=1S/C17H22FN3O3/c1-12(22)20-6-7-21(11-14(10-20)17(24)19-2)16(23)9-13-4-3-5-15(18)8-13/h3-5,8,14H,6-7,9-11H2,1-2H3,(H,19,24)/t14-/m1/s1. The Hall–Kier alpha value is -2.44. The lowest BCUT2D eigenvalue weighted by atomic mass is 10.1. The minimum Gasteiger partial charge on any atom is -0.359 e. The van der Waals surface area contributed by atoms with Crippen LogP contribution in [0.4, 0.5) is 4.39 Å². The van der Waals surface area contributed by atoms with E-state index >= 15 is 0 Å². The highest BCUT2D eigenvalue weighted by Gasteiger charge is 2.30. The Balaban J connectivity index is 2.11. The van der Waals surface area contributed by atoms with E-state index in [0.29, 0.717) is 25.2 Å². The number of carbonyl (C=O) groups excluding carboxylic acids is 3. The Morgan fingerprint density at radius 2 is 1.88 bits per heavy atom. The van der Waals surface area contributed by atoms with Gasteiger partial charge < -0.3 is 15.1 Å². The van der Waals surface area contributed by atoms with E-state index in [1.165, 1.54) is 26.1 Å². The molecule has 3 amide bonds. The lowest BCUT2D eigenvalue weighted by molar-refractivity contribution is -0.132. The van der Waals surface area contributed by atoms with Crippen LogP contribution >= 0.6 is 0 Å². The van der Waals surface area contributed by atoms with Gasteiger partial charge in [0.1, 0.15) is 5.82 Å². The van der Waals surface area contributed by atoms with Crippen molar-refractivity contribution in [3.05, 3.63) is 35.6 Å². The monoisotopic (exact) mass is 335 g/mol. The zero-order valence-electron chi connectivity index (χ0n) is 13.9. The van der Waals surface area contributed by atoms with E-state index in [0.717, 1.165) is 0 Å². The highest BCUT2D eigenvalue weighted by atomic mass is 19.1. The van der Waals surface area contributed by atoms with Gasteiger partial charge in [-0.3, -0.25) is 14.4 Å². The predicted molar refractivity (Wildman–Crippen MR) is 86.5 cm³/mol. The van der Waals surface area contributed by atoms with Crippen LogP contribution in [0.25, 0.3) is 0 Å². The summed E-state index contributed by atoms with van der Waals surface area (Å²) in [4.78, 5) is 39.4. The number of hydrogen-bond acceptors (Lipinski definition) is 3. The van der Waals surface area contributed by atoms with Crippen molar-refractivity contribution in [2.24, 2.45) is 5.92 Å². The van der Waals surface area contributed by atoms with Crippen LogP contribution in [0.5, 0.6) is 0 Å². The molecule has 1 N–H and O–H groups in total. The minimum atomic E-state index is -0.474. The summed E-state index contributed by atoms with van der Waals surface area (Å²) in [6.45, 7) is 2.74. The number of rotatable bonds is 3. The predicted octanol–water partition coefficient (Wildman–Crippen LogP) is 0.421. The number of nitrogens with zero attached hydrogens (tertiary/aromatic N) is 2. The van der Waals surface area contributed by atoms with Crippen LogP contribution in [-0.2, 0) is 20.8 Å². The molecule has 0 saturated carbocycles. The lowest BCUT2D eigenvalue weighted by Crippen LogP contribution is -2.42. The van der Waals surface area contributed by atoms with Gasteiger partial charge in [0.2, 0.25) is 17.7 Å². The van der Waals surface area contributed by atoms with E-state index in [1.54, 1.807) is 21.9 Å². The maximum Gasteiger partial charge on any atom is 0.227 e. The summed E-state index contributed by atoms with van der Waals surface area (Å²) in [5.74, 6) is -1.37. The summed E-state index contributed by atoms with van der Waals surface area (Å²) in [5.41, 5.74) is 0.587. The molecule has 7 heteroatoms. The lowest BCUT2D eigenvalue weighted by Gasteiger charge is -2.23. The van der Waals surface area contributed by atoms with Gasteiger partial charge in [0.25, 0.3) is 0 Å². The molecule has 1 saturated heterocycles. The van der Waals surface area contributed by atoms with E-state index in [9.17, 15) is 18.8 Å². The van der Waals surface area contributed by atoms with Crippen LogP contribution in [0, 0.1) is 11.7 Å². The smallest absolute Gasteiger partial charge is 0.227 e. The summed E-state index contributed by atoms with van der Waals surface area (Å²) in [7, 11) is 1.53. The van der Waals surface area contributed by atoms with E-state index in [-0.39, 0.29) is 36.5 Å². The molecule has 2 rings (SSSR count). The second-order valence-corrected chi connectivity index (χ2v) is 5.92. The molecule has 1 aliphatic heterocycles. The molecular formula is C17H22FN3O3. The molecule has 0 bridgehead atoms. The van der Waals surface area contributed by atoms with Crippen molar-refractivity contribution >= 4 is 17.7 Å². The Bertz CT molecular complexity index is 635. The summed E-state index contributed by atoms with van der Waals surface area (Å²) in [5, 5.41) is 2.57. The van der Waals surface area contributed by atoms with E-state index < -0.39 is 5.92 Å². The average molecular weight is 335 g/mol. The fourth-order valence-corrected chi connectivity index (χ4v) is 2.83. The zero-order valence-corrected chi connectivity index (χ0v) is 13.9. The molecule has 1 heterocycles. The fourth-order valence-electron chi connectivity index (χ4n) is 2.83. The van der Waals surface area contributed by atoms with Crippen molar-refractivity contribution in [3.8, 4) is 0 Å². The van der Waals surface area contributed by atoms with Gasteiger partial charge in [-0.15, -0.1) is 0 Å². The first-order chi connectivity index (χ1) is 11.4. The largest absolute Gasteiger partial charge is 0.359 e. The van der Waals surface area contributed by atoms with E-state index in [2.05, 4.69) is 5.32 Å². The van der Waals surface area contributed by atoms with Crippen molar-refractivity contribution in [2.75, 3.05) is 33.2 Å². The summed E-state index contributed by atoms with van der Waals surface area (Å²) >= 11 is 0. The Kier molecular flexibility index (Phi) is 5.89. The average Bonchev–Trinajstić information content (AvgIpc) is 2.77. The summed E-state index contributed by atoms with van der Waals surface area (Å²) < 4.78 is 13.3. The van der Waals surface area contributed by atoms with Crippen molar-refractivity contribution in [2.45, 2.75) is 13.3 Å². The maximum absolute atomic E-state index is 13.3. The molecule has 6 nitrogen and oxygen atoms in total. The van der Waals surface area contributed by atoms with Gasteiger partial charge >= 0.3 is 0 Å². The van der Waals surface area contributed by atoms with Gasteiger partial charge in [0, 0.05) is 40.2 Å². The second kappa shape index (κ2) is 7.90. The van der Waals surface area contributed by atoms with Crippen LogP contribution in [0.2, 0.25) is 0 Å². The molecule has 0 spiro atoms. The van der Waals surface area contributed by atoms with Gasteiger partial charge in [-0.2, -0.15) is 0 Å². The Morgan fingerprint density at radius 1 is 1.21 bits per heavy atom. The highest BCUT2D eigenvalue weighted by molar-refractivity contribution is 5.83. The Labute approximate surface area is 140 Å². The molecule has 130 valence electrons. The third kappa shape index (κ3) is 4.53. The molecule has 1 fully saturated rings. The molecule has 0 aliphatic carbocycles. The van der Waals surface area contributed by atoms with Gasteiger partial charge in [-0.25, -0.2) is 4.39 Å². The maximum atomic E-state index is 13.3. The molecule has 1 aliphatic rings. The zero-order chi connectivity index (χ0) is 17.7. The Morgan fingerprint density at radius 3 is 2.50 bits per heavy atom. The van der Waals surface area contributed by atoms with Gasteiger partial charge in [0.15, 0.2) is 0 Å². The van der Waals surface area contributed by atoms with Gasteiger partial charge in [-0.05, 0) is 17.7 Å². The summed E-state index contributed by atoms with van der Waals surface area (Å²) in [6.07, 6.45) is 0.0678. The normalized spacial score (nSPS) is 18.0. The van der Waals surface area contributed by atoms with Crippen LogP contribution < -0.4 is 5.32 Å². The third-order valence-electron chi connectivity index (χ3n) is 4.18. The van der Waals surface area contributed by atoms with Crippen molar-refractivity contribution in [1.82, 2.24) is 15.1 Å². The number of benzene rings is 1. The van der Waals surface area contributed by atoms with Gasteiger partial charge in [0.05, 0.1) is 12.3 Å². The molecule has 0 aromatic heterocycles.